The first-order valence-corrected chi connectivity index (χ1v) is 6.10. The molecule has 0 atom stereocenters. The van der Waals surface area contributed by atoms with Crippen LogP contribution in [0, 0.1) is 4.77 Å². The molecular weight excluding hydrogens is 317 g/mol. The van der Waals surface area contributed by atoms with E-state index in [1.54, 1.807) is 12.1 Å². The molecule has 0 amide bonds. The predicted molar refractivity (Wildman–Crippen MR) is 71.8 cm³/mol. The second-order valence-electron chi connectivity index (χ2n) is 3.41. The Balaban J connectivity index is 2.38. The van der Waals surface area contributed by atoms with Gasteiger partial charge in [-0.25, -0.2) is 13.9 Å². The molecule has 0 unspecified atom stereocenters. The lowest BCUT2D eigenvalue weighted by molar-refractivity contribution is 0.136. The molecule has 0 radical (unpaired) electrons. The maximum atomic E-state index is 12.6. The van der Waals surface area contributed by atoms with Crippen LogP contribution in [0.5, 0.6) is 0 Å². The first kappa shape index (κ1) is 14.1. The predicted octanol–water partition coefficient (Wildman–Crippen LogP) is 4.07. The maximum Gasteiger partial charge on any atom is 0.299 e. The Morgan fingerprint density at radius 1 is 1.42 bits per heavy atom. The standard InChI is InChI=1S/C10H6Cl2F2N4S/c11-6-2-1-5(7(12)3-6)4-15-18-9(8(13)14)16-17-10(18)19/h1-4,8H,(H,17,19). The molecule has 0 saturated heterocycles. The third-order valence-electron chi connectivity index (χ3n) is 2.15. The summed E-state index contributed by atoms with van der Waals surface area (Å²) in [6, 6.07) is 4.74. The van der Waals surface area contributed by atoms with Gasteiger partial charge in [0.15, 0.2) is 0 Å². The van der Waals surface area contributed by atoms with Crippen molar-refractivity contribution in [1.29, 1.82) is 0 Å². The summed E-state index contributed by atoms with van der Waals surface area (Å²) >= 11 is 16.5. The molecule has 1 N–H and O–H groups in total. The zero-order valence-electron chi connectivity index (χ0n) is 9.15. The van der Waals surface area contributed by atoms with Crippen LogP contribution in [0.15, 0.2) is 23.3 Å². The van der Waals surface area contributed by atoms with Crippen LogP contribution in [-0.4, -0.2) is 21.1 Å². The zero-order valence-corrected chi connectivity index (χ0v) is 11.5. The summed E-state index contributed by atoms with van der Waals surface area (Å²) in [5.41, 5.74) is 0.523. The summed E-state index contributed by atoms with van der Waals surface area (Å²) in [5.74, 6) is -0.564. The Morgan fingerprint density at radius 3 is 2.79 bits per heavy atom. The molecule has 19 heavy (non-hydrogen) atoms. The number of H-pyrrole nitrogens is 1. The highest BCUT2D eigenvalue weighted by atomic mass is 35.5. The molecule has 2 rings (SSSR count). The minimum absolute atomic E-state index is 0.0309. The van der Waals surface area contributed by atoms with Crippen LogP contribution in [0.25, 0.3) is 0 Å². The monoisotopic (exact) mass is 322 g/mol. The number of benzene rings is 1. The largest absolute Gasteiger partial charge is 0.299 e. The molecule has 1 aromatic heterocycles. The van der Waals surface area contributed by atoms with Crippen LogP contribution in [0.4, 0.5) is 8.78 Å². The van der Waals surface area contributed by atoms with Crippen LogP contribution in [0.3, 0.4) is 0 Å². The average Bonchev–Trinajstić information content (AvgIpc) is 2.70. The Hall–Kier alpha value is -1.31. The van der Waals surface area contributed by atoms with E-state index in [2.05, 4.69) is 15.3 Å². The second kappa shape index (κ2) is 5.77. The van der Waals surface area contributed by atoms with E-state index >= 15 is 0 Å². The van der Waals surface area contributed by atoms with Crippen LogP contribution in [0.1, 0.15) is 17.8 Å². The number of aromatic nitrogens is 3. The first-order valence-electron chi connectivity index (χ1n) is 4.94. The van der Waals surface area contributed by atoms with Crippen molar-refractivity contribution in [3.8, 4) is 0 Å². The molecule has 0 bridgehead atoms. The van der Waals surface area contributed by atoms with Crippen molar-refractivity contribution < 1.29 is 8.78 Å². The lowest BCUT2D eigenvalue weighted by Crippen LogP contribution is -1.99. The first-order chi connectivity index (χ1) is 8.99. The van der Waals surface area contributed by atoms with Gasteiger partial charge >= 0.3 is 0 Å². The summed E-state index contributed by atoms with van der Waals surface area (Å²) in [6.45, 7) is 0. The van der Waals surface area contributed by atoms with E-state index in [9.17, 15) is 8.78 Å². The normalized spacial score (nSPS) is 11.6. The van der Waals surface area contributed by atoms with Crippen molar-refractivity contribution in [3.63, 3.8) is 0 Å². The van der Waals surface area contributed by atoms with Crippen molar-refractivity contribution in [3.05, 3.63) is 44.4 Å². The van der Waals surface area contributed by atoms with Gasteiger partial charge in [-0.3, -0.25) is 0 Å². The van der Waals surface area contributed by atoms with Crippen LogP contribution < -0.4 is 0 Å². The lowest BCUT2D eigenvalue weighted by atomic mass is 10.2. The van der Waals surface area contributed by atoms with Gasteiger partial charge in [0.2, 0.25) is 10.6 Å². The van der Waals surface area contributed by atoms with Crippen LogP contribution in [0.2, 0.25) is 10.0 Å². The van der Waals surface area contributed by atoms with Crippen LogP contribution >= 0.6 is 35.4 Å². The molecule has 0 aliphatic rings. The van der Waals surface area contributed by atoms with E-state index in [4.69, 9.17) is 35.4 Å². The number of nitrogens with one attached hydrogen (secondary N) is 1. The molecule has 9 heteroatoms. The number of aromatic amines is 1. The summed E-state index contributed by atoms with van der Waals surface area (Å²) in [7, 11) is 0. The van der Waals surface area contributed by atoms with E-state index in [1.807, 2.05) is 0 Å². The van der Waals surface area contributed by atoms with Gasteiger partial charge in [-0.05, 0) is 24.4 Å². The van der Waals surface area contributed by atoms with E-state index in [-0.39, 0.29) is 4.77 Å². The van der Waals surface area contributed by atoms with E-state index in [0.29, 0.717) is 15.6 Å². The molecule has 4 nitrogen and oxygen atoms in total. The maximum absolute atomic E-state index is 12.6. The number of hydrogen-bond donors (Lipinski definition) is 1. The molecule has 1 heterocycles. The zero-order chi connectivity index (χ0) is 14.0. The Kier molecular flexibility index (Phi) is 4.28. The minimum atomic E-state index is -2.79. The summed E-state index contributed by atoms with van der Waals surface area (Å²) in [5, 5.41) is 10.3. The smallest absolute Gasteiger partial charge is 0.250 e. The van der Waals surface area contributed by atoms with Crippen molar-refractivity contribution in [1.82, 2.24) is 14.9 Å². The summed E-state index contributed by atoms with van der Waals surface area (Å²) < 4.78 is 26.1. The molecule has 0 saturated carbocycles. The minimum Gasteiger partial charge on any atom is -0.250 e. The highest BCUT2D eigenvalue weighted by Gasteiger charge is 2.15. The SMILES string of the molecule is FC(F)c1n[nH]c(=S)n1N=Cc1ccc(Cl)cc1Cl. The third kappa shape index (κ3) is 3.17. The van der Waals surface area contributed by atoms with Crippen molar-refractivity contribution in [2.75, 3.05) is 0 Å². The number of hydrogen-bond acceptors (Lipinski definition) is 3. The van der Waals surface area contributed by atoms with Gasteiger partial charge in [0.05, 0.1) is 11.2 Å². The number of halogens is 4. The van der Waals surface area contributed by atoms with E-state index in [0.717, 1.165) is 4.68 Å². The van der Waals surface area contributed by atoms with Gasteiger partial charge < -0.3 is 0 Å². The van der Waals surface area contributed by atoms with Gasteiger partial charge in [-0.1, -0.05) is 29.3 Å². The average molecular weight is 323 g/mol. The fourth-order valence-electron chi connectivity index (χ4n) is 1.28. The number of nitrogens with zero attached hydrogens (tertiary/aromatic N) is 3. The molecule has 0 spiro atoms. The van der Waals surface area contributed by atoms with Gasteiger partial charge in [0.1, 0.15) is 0 Å². The third-order valence-corrected chi connectivity index (χ3v) is 2.97. The van der Waals surface area contributed by atoms with Gasteiger partial charge in [-0.15, -0.1) is 0 Å². The van der Waals surface area contributed by atoms with Gasteiger partial charge in [0.25, 0.3) is 6.43 Å². The van der Waals surface area contributed by atoms with Crippen LogP contribution in [-0.2, 0) is 0 Å². The second-order valence-corrected chi connectivity index (χ2v) is 4.64. The van der Waals surface area contributed by atoms with Crippen molar-refractivity contribution >= 4 is 41.6 Å². The quantitative estimate of drug-likeness (QED) is 0.684. The number of rotatable bonds is 3. The Labute approximate surface area is 121 Å². The highest BCUT2D eigenvalue weighted by Crippen LogP contribution is 2.20. The highest BCUT2D eigenvalue weighted by molar-refractivity contribution is 7.71. The Morgan fingerprint density at radius 2 is 2.16 bits per heavy atom. The molecule has 2 aromatic rings. The topological polar surface area (TPSA) is 46.0 Å². The molecule has 1 aromatic carbocycles. The lowest BCUT2D eigenvalue weighted by Gasteiger charge is -2.00. The summed E-state index contributed by atoms with van der Waals surface area (Å²) in [4.78, 5) is 0. The van der Waals surface area contributed by atoms with Gasteiger partial charge in [-0.2, -0.15) is 14.9 Å². The van der Waals surface area contributed by atoms with Gasteiger partial charge in [0, 0.05) is 10.6 Å². The number of alkyl halides is 2. The van der Waals surface area contributed by atoms with Crippen molar-refractivity contribution in [2.45, 2.75) is 6.43 Å². The van der Waals surface area contributed by atoms with E-state index in [1.165, 1.54) is 12.3 Å². The van der Waals surface area contributed by atoms with E-state index < -0.39 is 12.2 Å². The Bertz CT molecular complexity index is 680. The fraction of sp³-hybridized carbons (Fsp3) is 0.100. The molecule has 0 aliphatic heterocycles. The molecular formula is C10H6Cl2F2N4S. The summed E-state index contributed by atoms with van der Waals surface area (Å²) in [6.07, 6.45) is -1.48. The molecule has 0 fully saturated rings. The molecule has 0 aliphatic carbocycles. The van der Waals surface area contributed by atoms with Crippen molar-refractivity contribution in [2.24, 2.45) is 5.10 Å². The molecule has 100 valence electrons. The fourth-order valence-corrected chi connectivity index (χ4v) is 1.93.